The van der Waals surface area contributed by atoms with Crippen LogP contribution >= 0.6 is 0 Å². The summed E-state index contributed by atoms with van der Waals surface area (Å²) in [5, 5.41) is 11.0. The number of hydrogen-bond donors (Lipinski definition) is 0. The van der Waals surface area contributed by atoms with E-state index in [4.69, 9.17) is 9.47 Å². The maximum Gasteiger partial charge on any atom is 0.270 e. The zero-order valence-electron chi connectivity index (χ0n) is 14.3. The summed E-state index contributed by atoms with van der Waals surface area (Å²) >= 11 is 0. The fraction of sp³-hybridized carbons (Fsp3) is 0.588. The van der Waals surface area contributed by atoms with Gasteiger partial charge in [0, 0.05) is 57.0 Å². The number of hydrogen-bond acceptors (Lipinski definition) is 6. The standard InChI is InChI=1S/C17H23N3O5/c1-24-15-5-4-14(20(22)23)11-13(15)12-18-6-8-19(9-7-18)17(21)16-3-2-10-25-16/h4-5,11,16H,2-3,6-10,12H2,1H3. The zero-order chi connectivity index (χ0) is 17.8. The van der Waals surface area contributed by atoms with Crippen LogP contribution in [-0.2, 0) is 16.1 Å². The largest absolute Gasteiger partial charge is 0.496 e. The molecule has 8 nitrogen and oxygen atoms in total. The number of nitro benzene ring substituents is 1. The number of benzene rings is 1. The lowest BCUT2D eigenvalue weighted by Gasteiger charge is -2.35. The Hall–Kier alpha value is -2.19. The second-order valence-electron chi connectivity index (χ2n) is 6.36. The van der Waals surface area contributed by atoms with Crippen molar-refractivity contribution in [1.29, 1.82) is 0 Å². The first-order chi connectivity index (χ1) is 12.1. The third kappa shape index (κ3) is 4.08. The van der Waals surface area contributed by atoms with Gasteiger partial charge in [0.15, 0.2) is 0 Å². The summed E-state index contributed by atoms with van der Waals surface area (Å²) in [5.74, 6) is 0.730. The van der Waals surface area contributed by atoms with Crippen LogP contribution in [0.1, 0.15) is 18.4 Å². The van der Waals surface area contributed by atoms with Crippen LogP contribution in [0.25, 0.3) is 0 Å². The van der Waals surface area contributed by atoms with Crippen molar-refractivity contribution in [3.63, 3.8) is 0 Å². The van der Waals surface area contributed by atoms with Gasteiger partial charge >= 0.3 is 0 Å². The van der Waals surface area contributed by atoms with Crippen LogP contribution in [0.3, 0.4) is 0 Å². The first kappa shape index (κ1) is 17.6. The maximum absolute atomic E-state index is 12.4. The van der Waals surface area contributed by atoms with Crippen molar-refractivity contribution in [1.82, 2.24) is 9.80 Å². The lowest BCUT2D eigenvalue weighted by molar-refractivity contribution is -0.385. The number of carbonyl (C=O) groups is 1. The Morgan fingerprint density at radius 2 is 2.12 bits per heavy atom. The van der Waals surface area contributed by atoms with Crippen molar-refractivity contribution in [3.05, 3.63) is 33.9 Å². The van der Waals surface area contributed by atoms with E-state index in [-0.39, 0.29) is 17.7 Å². The number of rotatable bonds is 5. The highest BCUT2D eigenvalue weighted by Gasteiger charge is 2.30. The lowest BCUT2D eigenvalue weighted by Crippen LogP contribution is -2.51. The number of piperazine rings is 1. The van der Waals surface area contributed by atoms with Gasteiger partial charge in [0.05, 0.1) is 12.0 Å². The number of amides is 1. The van der Waals surface area contributed by atoms with Gasteiger partial charge in [-0.3, -0.25) is 19.8 Å². The molecule has 2 fully saturated rings. The van der Waals surface area contributed by atoms with Gasteiger partial charge in [-0.2, -0.15) is 0 Å². The Morgan fingerprint density at radius 3 is 2.72 bits per heavy atom. The highest BCUT2D eigenvalue weighted by Crippen LogP contribution is 2.26. The highest BCUT2D eigenvalue weighted by molar-refractivity contribution is 5.81. The van der Waals surface area contributed by atoms with E-state index in [1.807, 2.05) is 4.90 Å². The molecule has 2 aliphatic rings. The van der Waals surface area contributed by atoms with Crippen molar-refractivity contribution < 1.29 is 19.2 Å². The molecular formula is C17H23N3O5. The van der Waals surface area contributed by atoms with Gasteiger partial charge in [-0.15, -0.1) is 0 Å². The Morgan fingerprint density at radius 1 is 1.36 bits per heavy atom. The summed E-state index contributed by atoms with van der Waals surface area (Å²) in [6.07, 6.45) is 1.48. The molecule has 0 aliphatic carbocycles. The summed E-state index contributed by atoms with van der Waals surface area (Å²) in [6, 6.07) is 4.63. The number of nitro groups is 1. The average molecular weight is 349 g/mol. The van der Waals surface area contributed by atoms with Crippen LogP contribution in [-0.4, -0.2) is 66.6 Å². The molecule has 0 radical (unpaired) electrons. The minimum Gasteiger partial charge on any atom is -0.496 e. The highest BCUT2D eigenvalue weighted by atomic mass is 16.6. The van der Waals surface area contributed by atoms with Gasteiger partial charge in [-0.1, -0.05) is 0 Å². The van der Waals surface area contributed by atoms with E-state index in [0.29, 0.717) is 32.0 Å². The van der Waals surface area contributed by atoms with E-state index in [2.05, 4.69) is 4.90 Å². The summed E-state index contributed by atoms with van der Waals surface area (Å²) in [4.78, 5) is 27.0. The first-order valence-electron chi connectivity index (χ1n) is 8.52. The number of methoxy groups -OCH3 is 1. The molecule has 2 heterocycles. The molecule has 2 aliphatic heterocycles. The number of nitrogens with zero attached hydrogens (tertiary/aromatic N) is 3. The summed E-state index contributed by atoms with van der Waals surface area (Å²) < 4.78 is 10.8. The fourth-order valence-electron chi connectivity index (χ4n) is 3.35. The quantitative estimate of drug-likeness (QED) is 0.590. The molecule has 25 heavy (non-hydrogen) atoms. The normalized spacial score (nSPS) is 21.3. The van der Waals surface area contributed by atoms with E-state index in [1.165, 1.54) is 6.07 Å². The molecule has 1 amide bonds. The van der Waals surface area contributed by atoms with Gasteiger partial charge in [-0.05, 0) is 18.9 Å². The van der Waals surface area contributed by atoms with E-state index in [1.54, 1.807) is 19.2 Å². The summed E-state index contributed by atoms with van der Waals surface area (Å²) in [6.45, 7) is 3.98. The third-order valence-corrected chi connectivity index (χ3v) is 4.76. The fourth-order valence-corrected chi connectivity index (χ4v) is 3.35. The molecule has 0 saturated carbocycles. The Kier molecular flexibility index (Phi) is 5.50. The SMILES string of the molecule is COc1ccc([N+](=O)[O-])cc1CN1CCN(C(=O)C2CCCO2)CC1. The van der Waals surface area contributed by atoms with Crippen molar-refractivity contribution in [3.8, 4) is 5.75 Å². The molecule has 1 aromatic rings. The topological polar surface area (TPSA) is 85.2 Å². The molecule has 3 rings (SSSR count). The number of non-ortho nitro benzene ring substituents is 1. The van der Waals surface area contributed by atoms with Crippen LogP contribution in [0.5, 0.6) is 5.75 Å². The maximum atomic E-state index is 12.4. The Bertz CT molecular complexity index is 637. The van der Waals surface area contributed by atoms with Crippen molar-refractivity contribution in [2.75, 3.05) is 39.9 Å². The summed E-state index contributed by atoms with van der Waals surface area (Å²) in [5.41, 5.74) is 0.846. The van der Waals surface area contributed by atoms with E-state index in [9.17, 15) is 14.9 Å². The van der Waals surface area contributed by atoms with Crippen LogP contribution < -0.4 is 4.74 Å². The first-order valence-corrected chi connectivity index (χ1v) is 8.52. The molecule has 1 unspecified atom stereocenters. The predicted molar refractivity (Wildman–Crippen MR) is 90.5 cm³/mol. The van der Waals surface area contributed by atoms with Gasteiger partial charge in [0.2, 0.25) is 0 Å². The second-order valence-corrected chi connectivity index (χ2v) is 6.36. The van der Waals surface area contributed by atoms with E-state index < -0.39 is 4.92 Å². The lowest BCUT2D eigenvalue weighted by atomic mass is 10.1. The van der Waals surface area contributed by atoms with Gasteiger partial charge in [0.25, 0.3) is 11.6 Å². The molecule has 8 heteroatoms. The monoisotopic (exact) mass is 349 g/mol. The van der Waals surface area contributed by atoms with Gasteiger partial charge in [0.1, 0.15) is 11.9 Å². The third-order valence-electron chi connectivity index (χ3n) is 4.76. The average Bonchev–Trinajstić information content (AvgIpc) is 3.16. The van der Waals surface area contributed by atoms with E-state index >= 15 is 0 Å². The molecule has 1 atom stereocenters. The summed E-state index contributed by atoms with van der Waals surface area (Å²) in [7, 11) is 1.56. The Balaban J connectivity index is 1.59. The molecule has 0 aromatic heterocycles. The minimum atomic E-state index is -0.402. The van der Waals surface area contributed by atoms with Crippen LogP contribution in [0.15, 0.2) is 18.2 Å². The predicted octanol–water partition coefficient (Wildman–Crippen LogP) is 1.43. The Labute approximate surface area is 146 Å². The van der Waals surface area contributed by atoms with Crippen molar-refractivity contribution in [2.24, 2.45) is 0 Å². The van der Waals surface area contributed by atoms with E-state index in [0.717, 1.165) is 31.5 Å². The van der Waals surface area contributed by atoms with Crippen LogP contribution in [0.2, 0.25) is 0 Å². The van der Waals surface area contributed by atoms with Crippen LogP contribution in [0.4, 0.5) is 5.69 Å². The van der Waals surface area contributed by atoms with Crippen LogP contribution in [0, 0.1) is 10.1 Å². The van der Waals surface area contributed by atoms with Gasteiger partial charge < -0.3 is 14.4 Å². The minimum absolute atomic E-state index is 0.0583. The molecule has 0 N–H and O–H groups in total. The molecular weight excluding hydrogens is 326 g/mol. The van der Waals surface area contributed by atoms with Gasteiger partial charge in [-0.25, -0.2) is 0 Å². The molecule has 1 aromatic carbocycles. The molecule has 136 valence electrons. The number of ether oxygens (including phenoxy) is 2. The smallest absolute Gasteiger partial charge is 0.270 e. The molecule has 0 spiro atoms. The molecule has 2 saturated heterocycles. The van der Waals surface area contributed by atoms with Crippen molar-refractivity contribution in [2.45, 2.75) is 25.5 Å². The second kappa shape index (κ2) is 7.79. The molecule has 0 bridgehead atoms. The zero-order valence-corrected chi connectivity index (χ0v) is 14.3. The number of carbonyl (C=O) groups excluding carboxylic acids is 1. The van der Waals surface area contributed by atoms with Crippen molar-refractivity contribution >= 4 is 11.6 Å².